The van der Waals surface area contributed by atoms with Gasteiger partial charge in [-0.3, -0.25) is 9.59 Å². The van der Waals surface area contributed by atoms with E-state index in [-0.39, 0.29) is 0 Å². The Labute approximate surface area is 153 Å². The summed E-state index contributed by atoms with van der Waals surface area (Å²) in [6, 6.07) is 6.85. The number of nitrogens with one attached hydrogen (secondary N) is 2. The van der Waals surface area contributed by atoms with Gasteiger partial charge in [0.05, 0.1) is 5.39 Å². The molecule has 8 heteroatoms. The molecule has 3 N–H and O–H groups in total. The first-order valence-corrected chi connectivity index (χ1v) is 9.06. The van der Waals surface area contributed by atoms with Gasteiger partial charge in [-0.25, -0.2) is 9.97 Å². The lowest BCUT2D eigenvalue weighted by Crippen LogP contribution is -2.29. The van der Waals surface area contributed by atoms with Crippen molar-refractivity contribution in [2.75, 3.05) is 11.9 Å². The number of thiophene rings is 1. The van der Waals surface area contributed by atoms with E-state index >= 15 is 0 Å². The average Bonchev–Trinajstić information content (AvgIpc) is 3.21. The first-order valence-electron chi connectivity index (χ1n) is 8.24. The van der Waals surface area contributed by atoms with E-state index < -0.39 is 18.4 Å². The Morgan fingerprint density at radius 3 is 2.73 bits per heavy atom. The molecule has 0 radical (unpaired) electrons. The maximum Gasteiger partial charge on any atom is 0.322 e. The summed E-state index contributed by atoms with van der Waals surface area (Å²) < 4.78 is 0. The Bertz CT molecular complexity index is 998. The van der Waals surface area contributed by atoms with E-state index in [1.54, 1.807) is 41.9 Å². The van der Waals surface area contributed by atoms with Gasteiger partial charge in [-0.2, -0.15) is 0 Å². The third-order valence-electron chi connectivity index (χ3n) is 4.31. The van der Waals surface area contributed by atoms with Gasteiger partial charge in [0.15, 0.2) is 0 Å². The van der Waals surface area contributed by atoms with Crippen molar-refractivity contribution in [1.29, 1.82) is 0 Å². The SMILES string of the molecule is O=C(O)CNC(=O)c1ccc(Nc2ncnc3sc4c(c23)CCC4)cc1. The molecule has 0 fully saturated rings. The number of aliphatic carboxylic acids is 1. The minimum Gasteiger partial charge on any atom is -0.480 e. The Morgan fingerprint density at radius 2 is 1.96 bits per heavy atom. The Balaban J connectivity index is 1.56. The Kier molecular flexibility index (Phi) is 4.26. The van der Waals surface area contributed by atoms with Gasteiger partial charge in [0.25, 0.3) is 5.91 Å². The second-order valence-electron chi connectivity index (χ2n) is 6.04. The monoisotopic (exact) mass is 368 g/mol. The van der Waals surface area contributed by atoms with E-state index in [1.165, 1.54) is 16.9 Å². The smallest absolute Gasteiger partial charge is 0.322 e. The van der Waals surface area contributed by atoms with Crippen LogP contribution in [0.4, 0.5) is 11.5 Å². The summed E-state index contributed by atoms with van der Waals surface area (Å²) in [6.45, 7) is -0.402. The molecular formula is C18H16N4O3S. The number of hydrogen-bond acceptors (Lipinski definition) is 6. The molecule has 0 unspecified atom stereocenters. The van der Waals surface area contributed by atoms with Gasteiger partial charge in [0, 0.05) is 16.1 Å². The molecule has 0 bridgehead atoms. The number of benzene rings is 1. The predicted octanol–water partition coefficient (Wildman–Crippen LogP) is 2.74. The molecule has 1 amide bonds. The van der Waals surface area contributed by atoms with Crippen molar-refractivity contribution in [2.45, 2.75) is 19.3 Å². The van der Waals surface area contributed by atoms with Crippen molar-refractivity contribution in [3.8, 4) is 0 Å². The third-order valence-corrected chi connectivity index (χ3v) is 5.51. The molecule has 2 aromatic heterocycles. The van der Waals surface area contributed by atoms with Crippen LogP contribution in [0, 0.1) is 0 Å². The van der Waals surface area contributed by atoms with E-state index in [2.05, 4.69) is 20.6 Å². The highest BCUT2D eigenvalue weighted by molar-refractivity contribution is 7.19. The zero-order chi connectivity index (χ0) is 18.1. The maximum absolute atomic E-state index is 11.9. The molecule has 1 aliphatic rings. The second-order valence-corrected chi connectivity index (χ2v) is 7.12. The molecule has 3 aromatic rings. The number of aryl methyl sites for hydroxylation is 2. The van der Waals surface area contributed by atoms with Crippen LogP contribution in [0.15, 0.2) is 30.6 Å². The number of aromatic nitrogens is 2. The van der Waals surface area contributed by atoms with E-state index in [0.29, 0.717) is 5.56 Å². The molecular weight excluding hydrogens is 352 g/mol. The number of rotatable bonds is 5. The number of anilines is 2. The number of carbonyl (C=O) groups excluding carboxylic acids is 1. The fourth-order valence-corrected chi connectivity index (χ4v) is 4.35. The number of hydrogen-bond donors (Lipinski definition) is 3. The van der Waals surface area contributed by atoms with Gasteiger partial charge in [-0.1, -0.05) is 0 Å². The highest BCUT2D eigenvalue weighted by atomic mass is 32.1. The van der Waals surface area contributed by atoms with E-state index in [4.69, 9.17) is 5.11 Å². The molecule has 0 saturated carbocycles. The van der Waals surface area contributed by atoms with E-state index in [0.717, 1.165) is 34.6 Å². The number of fused-ring (bicyclic) bond motifs is 3. The van der Waals surface area contributed by atoms with Crippen LogP contribution in [0.2, 0.25) is 0 Å². The quantitative estimate of drug-likeness (QED) is 0.640. The fourth-order valence-electron chi connectivity index (χ4n) is 3.12. The summed E-state index contributed by atoms with van der Waals surface area (Å²) in [7, 11) is 0. The topological polar surface area (TPSA) is 104 Å². The minimum atomic E-state index is -1.08. The summed E-state index contributed by atoms with van der Waals surface area (Å²) in [4.78, 5) is 33.6. The average molecular weight is 368 g/mol. The van der Waals surface area contributed by atoms with E-state index in [9.17, 15) is 9.59 Å². The molecule has 0 saturated heterocycles. The summed E-state index contributed by atoms with van der Waals surface area (Å²) in [5, 5.41) is 15.4. The second kappa shape index (κ2) is 6.72. The van der Waals surface area contributed by atoms with Crippen LogP contribution in [0.25, 0.3) is 10.2 Å². The predicted molar refractivity (Wildman–Crippen MR) is 99.1 cm³/mol. The van der Waals surface area contributed by atoms with Crippen LogP contribution < -0.4 is 10.6 Å². The molecule has 1 aromatic carbocycles. The highest BCUT2D eigenvalue weighted by Gasteiger charge is 2.21. The van der Waals surface area contributed by atoms with Crippen molar-refractivity contribution in [3.63, 3.8) is 0 Å². The zero-order valence-electron chi connectivity index (χ0n) is 13.8. The van der Waals surface area contributed by atoms with Crippen LogP contribution >= 0.6 is 11.3 Å². The standard InChI is InChI=1S/C18H16N4O3S/c23-14(24)8-19-17(25)10-4-6-11(7-5-10)22-16-15-12-2-1-3-13(12)26-18(15)21-9-20-16/h4-7,9H,1-3,8H2,(H,19,25)(H,23,24)(H,20,21,22). The van der Waals surface area contributed by atoms with Crippen LogP contribution in [-0.4, -0.2) is 33.5 Å². The minimum absolute atomic E-state index is 0.402. The van der Waals surface area contributed by atoms with Crippen LogP contribution in [0.1, 0.15) is 27.2 Å². The van der Waals surface area contributed by atoms with Crippen LogP contribution in [0.5, 0.6) is 0 Å². The highest BCUT2D eigenvalue weighted by Crippen LogP contribution is 2.39. The van der Waals surface area contributed by atoms with Gasteiger partial charge in [-0.15, -0.1) is 11.3 Å². The summed E-state index contributed by atoms with van der Waals surface area (Å²) in [5.41, 5.74) is 2.55. The largest absolute Gasteiger partial charge is 0.480 e. The Hall–Kier alpha value is -3.00. The molecule has 2 heterocycles. The Morgan fingerprint density at radius 1 is 1.15 bits per heavy atom. The molecule has 7 nitrogen and oxygen atoms in total. The van der Waals surface area contributed by atoms with Gasteiger partial charge in [0.2, 0.25) is 0 Å². The van der Waals surface area contributed by atoms with Gasteiger partial charge < -0.3 is 15.7 Å². The first-order chi connectivity index (χ1) is 12.6. The molecule has 4 rings (SSSR count). The van der Waals surface area contributed by atoms with Gasteiger partial charge in [-0.05, 0) is 49.1 Å². The fraction of sp³-hybridized carbons (Fsp3) is 0.222. The van der Waals surface area contributed by atoms with Crippen molar-refractivity contribution in [2.24, 2.45) is 0 Å². The lowest BCUT2D eigenvalue weighted by molar-refractivity contribution is -0.135. The van der Waals surface area contributed by atoms with Crippen molar-refractivity contribution < 1.29 is 14.7 Å². The molecule has 132 valence electrons. The zero-order valence-corrected chi connectivity index (χ0v) is 14.6. The number of carbonyl (C=O) groups is 2. The molecule has 0 spiro atoms. The molecule has 1 aliphatic carbocycles. The van der Waals surface area contributed by atoms with Crippen LogP contribution in [0.3, 0.4) is 0 Å². The maximum atomic E-state index is 11.9. The first kappa shape index (κ1) is 16.5. The normalized spacial score (nSPS) is 12.8. The lowest BCUT2D eigenvalue weighted by Gasteiger charge is -2.09. The lowest BCUT2D eigenvalue weighted by atomic mass is 10.1. The number of carboxylic acids is 1. The number of nitrogens with zero attached hydrogens (tertiary/aromatic N) is 2. The molecule has 26 heavy (non-hydrogen) atoms. The van der Waals surface area contributed by atoms with Gasteiger partial charge in [0.1, 0.15) is 23.5 Å². The van der Waals surface area contributed by atoms with Crippen molar-refractivity contribution in [3.05, 3.63) is 46.6 Å². The number of carboxylic acid groups (broad SMARTS) is 1. The van der Waals surface area contributed by atoms with Crippen molar-refractivity contribution >= 4 is 44.9 Å². The van der Waals surface area contributed by atoms with E-state index in [1.807, 2.05) is 0 Å². The van der Waals surface area contributed by atoms with Crippen LogP contribution in [-0.2, 0) is 17.6 Å². The summed E-state index contributed by atoms with van der Waals surface area (Å²) in [5.74, 6) is -0.718. The number of amides is 1. The summed E-state index contributed by atoms with van der Waals surface area (Å²) >= 11 is 1.73. The summed E-state index contributed by atoms with van der Waals surface area (Å²) in [6.07, 6.45) is 4.89. The molecule has 0 atom stereocenters. The van der Waals surface area contributed by atoms with Crippen molar-refractivity contribution in [1.82, 2.24) is 15.3 Å². The molecule has 0 aliphatic heterocycles. The third kappa shape index (κ3) is 3.11. The van der Waals surface area contributed by atoms with Gasteiger partial charge >= 0.3 is 5.97 Å².